The zero-order valence-electron chi connectivity index (χ0n) is 17.1. The van der Waals surface area contributed by atoms with Gasteiger partial charge in [0.15, 0.2) is 0 Å². The number of rotatable bonds is 3. The number of benzene rings is 3. The van der Waals surface area contributed by atoms with Gasteiger partial charge in [0.2, 0.25) is 5.60 Å². The number of hydrogen-bond acceptors (Lipinski definition) is 2. The first-order chi connectivity index (χ1) is 15.6. The van der Waals surface area contributed by atoms with Crippen molar-refractivity contribution in [3.05, 3.63) is 94.5 Å². The van der Waals surface area contributed by atoms with Gasteiger partial charge in [0.1, 0.15) is 5.82 Å². The maximum absolute atomic E-state index is 14.5. The number of fused-ring (bicyclic) bond motifs is 2. The van der Waals surface area contributed by atoms with Crippen molar-refractivity contribution in [1.29, 1.82) is 0 Å². The topological polar surface area (TPSA) is 43.0 Å². The molecule has 1 unspecified atom stereocenters. The first-order valence-electron chi connectivity index (χ1n) is 9.88. The molecule has 0 aliphatic carbocycles. The Morgan fingerprint density at radius 1 is 1.00 bits per heavy atom. The van der Waals surface area contributed by atoms with Crippen LogP contribution in [0.5, 0.6) is 0 Å². The second kappa shape index (κ2) is 7.43. The van der Waals surface area contributed by atoms with Gasteiger partial charge in [-0.2, -0.15) is 18.3 Å². The zero-order chi connectivity index (χ0) is 23.5. The van der Waals surface area contributed by atoms with Crippen LogP contribution in [-0.4, -0.2) is 25.6 Å². The molecular formula is C24H16BrF4N3O. The molecule has 5 aromatic rings. The highest BCUT2D eigenvalue weighted by Crippen LogP contribution is 2.48. The van der Waals surface area contributed by atoms with E-state index in [1.54, 1.807) is 29.8 Å². The second-order valence-electron chi connectivity index (χ2n) is 7.80. The summed E-state index contributed by atoms with van der Waals surface area (Å²) >= 11 is 3.38. The highest BCUT2D eigenvalue weighted by atomic mass is 79.9. The van der Waals surface area contributed by atoms with Crippen molar-refractivity contribution in [3.63, 3.8) is 0 Å². The van der Waals surface area contributed by atoms with E-state index in [1.807, 2.05) is 0 Å². The molecule has 3 aromatic carbocycles. The lowest BCUT2D eigenvalue weighted by Gasteiger charge is -2.31. The molecule has 33 heavy (non-hydrogen) atoms. The van der Waals surface area contributed by atoms with Crippen molar-refractivity contribution in [1.82, 2.24) is 14.3 Å². The Balaban J connectivity index is 1.72. The molecule has 2 heterocycles. The van der Waals surface area contributed by atoms with Crippen LogP contribution < -0.4 is 0 Å². The molecule has 0 fully saturated rings. The number of halogens is 5. The molecule has 5 rings (SSSR count). The van der Waals surface area contributed by atoms with Gasteiger partial charge in [-0.1, -0.05) is 18.2 Å². The van der Waals surface area contributed by atoms with Crippen molar-refractivity contribution in [2.75, 3.05) is 0 Å². The Morgan fingerprint density at radius 3 is 2.42 bits per heavy atom. The first-order valence-corrected chi connectivity index (χ1v) is 10.7. The lowest BCUT2D eigenvalue weighted by atomic mass is 9.85. The summed E-state index contributed by atoms with van der Waals surface area (Å²) in [4.78, 5) is 0. The lowest BCUT2D eigenvalue weighted by molar-refractivity contribution is -0.247. The lowest BCUT2D eigenvalue weighted by Crippen LogP contribution is -2.43. The van der Waals surface area contributed by atoms with E-state index in [2.05, 4.69) is 21.0 Å². The predicted molar refractivity (Wildman–Crippen MR) is 121 cm³/mol. The van der Waals surface area contributed by atoms with E-state index in [0.29, 0.717) is 26.6 Å². The molecule has 0 saturated heterocycles. The number of hydrogen-bond donors (Lipinski definition) is 1. The van der Waals surface area contributed by atoms with Crippen LogP contribution in [0.15, 0.2) is 77.5 Å². The van der Waals surface area contributed by atoms with E-state index in [0.717, 1.165) is 0 Å². The van der Waals surface area contributed by atoms with Gasteiger partial charge in [0.05, 0.1) is 22.9 Å². The quantitative estimate of drug-likeness (QED) is 0.289. The van der Waals surface area contributed by atoms with Crippen LogP contribution in [0.1, 0.15) is 11.1 Å². The van der Waals surface area contributed by atoms with Gasteiger partial charge in [0, 0.05) is 34.1 Å². The van der Waals surface area contributed by atoms with Crippen LogP contribution in [0.2, 0.25) is 0 Å². The molecule has 9 heteroatoms. The maximum atomic E-state index is 14.5. The smallest absolute Gasteiger partial charge is 0.372 e. The van der Waals surface area contributed by atoms with Crippen molar-refractivity contribution in [2.24, 2.45) is 7.05 Å². The Bertz CT molecular complexity index is 1500. The molecule has 2 aromatic heterocycles. The van der Waals surface area contributed by atoms with Gasteiger partial charge >= 0.3 is 6.18 Å². The third kappa shape index (κ3) is 3.26. The standard InChI is InChI=1S/C24H16BrF4N3O/c1-31-13-19(18-3-2-4-20(25)22(18)31)23(33,24(27,28)29)15-5-10-21-14(11-15)12-30-32(21)17-8-6-16(26)7-9-17/h2-13,33H,1H3. The fraction of sp³-hybridized carbons (Fsp3) is 0.125. The largest absolute Gasteiger partial charge is 0.425 e. The summed E-state index contributed by atoms with van der Waals surface area (Å²) in [5.41, 5.74) is -2.22. The van der Waals surface area contributed by atoms with Crippen LogP contribution in [0, 0.1) is 5.82 Å². The molecular weight excluding hydrogens is 502 g/mol. The number of alkyl halides is 3. The molecule has 0 radical (unpaired) electrons. The van der Waals surface area contributed by atoms with Gasteiger partial charge in [-0.05, 0) is 64.0 Å². The van der Waals surface area contributed by atoms with Crippen LogP contribution >= 0.6 is 15.9 Å². The molecule has 0 saturated carbocycles. The van der Waals surface area contributed by atoms with E-state index in [-0.39, 0.29) is 16.5 Å². The highest BCUT2D eigenvalue weighted by molar-refractivity contribution is 9.10. The summed E-state index contributed by atoms with van der Waals surface area (Å²) in [6.07, 6.45) is -2.28. The number of aromatic nitrogens is 3. The summed E-state index contributed by atoms with van der Waals surface area (Å²) < 4.78 is 60.4. The fourth-order valence-corrected chi connectivity index (χ4v) is 4.87. The van der Waals surface area contributed by atoms with E-state index in [4.69, 9.17) is 0 Å². The molecule has 0 spiro atoms. The third-order valence-electron chi connectivity index (χ3n) is 5.81. The summed E-state index contributed by atoms with van der Waals surface area (Å²) in [6.45, 7) is 0. The SMILES string of the molecule is Cn1cc(C(O)(c2ccc3c(cnn3-c3ccc(F)cc3)c2)C(F)(F)F)c2cccc(Br)c21. The summed E-state index contributed by atoms with van der Waals surface area (Å²) in [5.74, 6) is -0.408. The zero-order valence-corrected chi connectivity index (χ0v) is 18.7. The Hall–Kier alpha value is -3.17. The molecule has 168 valence electrons. The Labute approximate surface area is 193 Å². The minimum atomic E-state index is -5.00. The van der Waals surface area contributed by atoms with Crippen LogP contribution in [0.25, 0.3) is 27.5 Å². The molecule has 0 amide bonds. The number of nitrogens with zero attached hydrogens (tertiary/aromatic N) is 3. The average Bonchev–Trinajstić information content (AvgIpc) is 3.34. The molecule has 0 aliphatic heterocycles. The van der Waals surface area contributed by atoms with Crippen LogP contribution in [0.4, 0.5) is 17.6 Å². The summed E-state index contributed by atoms with van der Waals surface area (Å²) in [7, 11) is 1.63. The number of aliphatic hydroxyl groups is 1. The molecule has 0 aliphatic rings. The minimum absolute atomic E-state index is 0.265. The van der Waals surface area contributed by atoms with Gasteiger partial charge in [-0.3, -0.25) is 0 Å². The van der Waals surface area contributed by atoms with Gasteiger partial charge in [-0.15, -0.1) is 0 Å². The summed E-state index contributed by atoms with van der Waals surface area (Å²) in [5, 5.41) is 16.2. The summed E-state index contributed by atoms with van der Waals surface area (Å²) in [6, 6.07) is 14.5. The first kappa shape index (κ1) is 21.7. The van der Waals surface area contributed by atoms with E-state index >= 15 is 0 Å². The van der Waals surface area contributed by atoms with E-state index < -0.39 is 17.6 Å². The van der Waals surface area contributed by atoms with Crippen LogP contribution in [0.3, 0.4) is 0 Å². The van der Waals surface area contributed by atoms with Crippen molar-refractivity contribution in [3.8, 4) is 5.69 Å². The fourth-order valence-electron chi connectivity index (χ4n) is 4.23. The number of para-hydroxylation sites is 1. The molecule has 0 bridgehead atoms. The molecule has 1 N–H and O–H groups in total. The van der Waals surface area contributed by atoms with E-state index in [1.165, 1.54) is 59.5 Å². The molecule has 1 atom stereocenters. The molecule has 4 nitrogen and oxygen atoms in total. The average molecular weight is 518 g/mol. The highest BCUT2D eigenvalue weighted by Gasteiger charge is 2.57. The predicted octanol–water partition coefficient (Wildman–Crippen LogP) is 6.22. The van der Waals surface area contributed by atoms with Gasteiger partial charge in [-0.25, -0.2) is 9.07 Å². The Kier molecular flexibility index (Phi) is 4.88. The second-order valence-corrected chi connectivity index (χ2v) is 8.66. The van der Waals surface area contributed by atoms with Crippen molar-refractivity contribution < 1.29 is 22.7 Å². The monoisotopic (exact) mass is 517 g/mol. The number of aryl methyl sites for hydroxylation is 1. The normalized spacial score (nSPS) is 14.2. The maximum Gasteiger partial charge on any atom is 0.425 e. The third-order valence-corrected chi connectivity index (χ3v) is 6.45. The van der Waals surface area contributed by atoms with Gasteiger partial charge in [0.25, 0.3) is 0 Å². The van der Waals surface area contributed by atoms with E-state index in [9.17, 15) is 22.7 Å². The van der Waals surface area contributed by atoms with Gasteiger partial charge < -0.3 is 9.67 Å². The minimum Gasteiger partial charge on any atom is -0.372 e. The van der Waals surface area contributed by atoms with Crippen molar-refractivity contribution >= 4 is 37.7 Å². The Morgan fingerprint density at radius 2 is 1.73 bits per heavy atom. The van der Waals surface area contributed by atoms with Crippen molar-refractivity contribution in [2.45, 2.75) is 11.8 Å². The van der Waals surface area contributed by atoms with Crippen LogP contribution in [-0.2, 0) is 12.6 Å².